The van der Waals surface area contributed by atoms with Gasteiger partial charge < -0.3 is 20.9 Å². The SMILES string of the molecule is Cc1cccc(C)c1OCC(=O)N[C@@H](Cc1ccccc1)[C@H](O)CN(CC(C)C)S(=O)(=O)c1ccc2nc(N)sc2c1. The molecular formula is C31H38N4O5S2. The van der Waals surface area contributed by atoms with Crippen molar-refractivity contribution in [2.75, 3.05) is 25.4 Å². The highest BCUT2D eigenvalue weighted by atomic mass is 32.2. The molecule has 1 heterocycles. The summed E-state index contributed by atoms with van der Waals surface area (Å²) in [5.74, 6) is 0.216. The molecular weight excluding hydrogens is 572 g/mol. The van der Waals surface area contributed by atoms with E-state index in [4.69, 9.17) is 10.5 Å². The number of anilines is 1. The van der Waals surface area contributed by atoms with E-state index in [-0.39, 0.29) is 30.5 Å². The molecule has 0 radical (unpaired) electrons. The minimum Gasteiger partial charge on any atom is -0.483 e. The number of nitrogens with zero attached hydrogens (tertiary/aromatic N) is 2. The second kappa shape index (κ2) is 13.6. The average molecular weight is 611 g/mol. The number of hydrogen-bond acceptors (Lipinski definition) is 8. The molecule has 42 heavy (non-hydrogen) atoms. The molecule has 4 rings (SSSR count). The lowest BCUT2D eigenvalue weighted by atomic mass is 10.0. The normalized spacial score (nSPS) is 13.4. The van der Waals surface area contributed by atoms with Crippen molar-refractivity contribution in [2.45, 2.75) is 51.2 Å². The largest absolute Gasteiger partial charge is 0.483 e. The van der Waals surface area contributed by atoms with Crippen LogP contribution >= 0.6 is 11.3 Å². The summed E-state index contributed by atoms with van der Waals surface area (Å²) in [5.41, 5.74) is 9.16. The minimum absolute atomic E-state index is 0.0114. The standard InChI is InChI=1S/C31H38N4O5S2/c1-20(2)17-35(42(38,39)24-13-14-25-28(16-24)41-31(32)34-25)18-27(36)26(15-23-11-6-5-7-12-23)33-29(37)19-40-30-21(3)9-8-10-22(30)4/h5-14,16,20,26-27,36H,15,17-19H2,1-4H3,(H2,32,34)(H,33,37)/t26-,27+/m0/s1. The summed E-state index contributed by atoms with van der Waals surface area (Å²) in [4.78, 5) is 17.4. The van der Waals surface area contributed by atoms with Gasteiger partial charge in [-0.15, -0.1) is 0 Å². The number of fused-ring (bicyclic) bond motifs is 1. The van der Waals surface area contributed by atoms with Crippen molar-refractivity contribution in [1.82, 2.24) is 14.6 Å². The van der Waals surface area contributed by atoms with Crippen molar-refractivity contribution in [1.29, 1.82) is 0 Å². The number of amides is 1. The van der Waals surface area contributed by atoms with E-state index in [1.807, 2.05) is 76.2 Å². The Balaban J connectivity index is 1.56. The topological polar surface area (TPSA) is 135 Å². The molecule has 0 bridgehead atoms. The molecule has 0 aliphatic carbocycles. The van der Waals surface area contributed by atoms with Crippen LogP contribution in [0.5, 0.6) is 5.75 Å². The summed E-state index contributed by atoms with van der Waals surface area (Å²) in [7, 11) is -3.99. The molecule has 2 atom stereocenters. The van der Waals surface area contributed by atoms with E-state index in [0.29, 0.717) is 27.5 Å². The Morgan fingerprint density at radius 2 is 1.74 bits per heavy atom. The van der Waals surface area contributed by atoms with Crippen LogP contribution in [0.25, 0.3) is 10.2 Å². The highest BCUT2D eigenvalue weighted by Crippen LogP contribution is 2.28. The molecule has 0 spiro atoms. The molecule has 0 unspecified atom stereocenters. The van der Waals surface area contributed by atoms with Crippen molar-refractivity contribution in [3.8, 4) is 5.75 Å². The number of carbonyl (C=O) groups is 1. The lowest BCUT2D eigenvalue weighted by molar-refractivity contribution is -0.124. The van der Waals surface area contributed by atoms with Crippen LogP contribution in [0.15, 0.2) is 71.6 Å². The smallest absolute Gasteiger partial charge is 0.258 e. The first-order valence-corrected chi connectivity index (χ1v) is 16.1. The Kier molecular flexibility index (Phi) is 10.2. The van der Waals surface area contributed by atoms with Gasteiger partial charge in [-0.05, 0) is 61.1 Å². The molecule has 4 N–H and O–H groups in total. The zero-order valence-corrected chi connectivity index (χ0v) is 25.9. The van der Waals surface area contributed by atoms with Crippen LogP contribution in [-0.4, -0.2) is 60.6 Å². The number of aryl methyl sites for hydroxylation is 2. The number of nitrogens with two attached hydrogens (primary N) is 1. The third-order valence-corrected chi connectivity index (χ3v) is 9.51. The third kappa shape index (κ3) is 7.86. The second-order valence-electron chi connectivity index (χ2n) is 10.8. The predicted molar refractivity (Wildman–Crippen MR) is 167 cm³/mol. The van der Waals surface area contributed by atoms with Crippen molar-refractivity contribution in [3.05, 3.63) is 83.4 Å². The molecule has 1 amide bonds. The molecule has 1 aromatic heterocycles. The summed E-state index contributed by atoms with van der Waals surface area (Å²) >= 11 is 1.21. The lowest BCUT2D eigenvalue weighted by Crippen LogP contribution is -2.52. The number of nitrogen functional groups attached to an aromatic ring is 1. The molecule has 0 aliphatic rings. The number of carbonyl (C=O) groups excluding carboxylic acids is 1. The predicted octanol–water partition coefficient (Wildman–Crippen LogP) is 4.31. The monoisotopic (exact) mass is 610 g/mol. The van der Waals surface area contributed by atoms with Gasteiger partial charge in [0.2, 0.25) is 10.0 Å². The van der Waals surface area contributed by atoms with Gasteiger partial charge in [0.25, 0.3) is 5.91 Å². The van der Waals surface area contributed by atoms with Crippen molar-refractivity contribution in [2.24, 2.45) is 5.92 Å². The van der Waals surface area contributed by atoms with Gasteiger partial charge in [0.05, 0.1) is 27.3 Å². The number of aliphatic hydroxyl groups excluding tert-OH is 1. The zero-order chi connectivity index (χ0) is 30.4. The van der Waals surface area contributed by atoms with Crippen LogP contribution < -0.4 is 15.8 Å². The van der Waals surface area contributed by atoms with Gasteiger partial charge >= 0.3 is 0 Å². The maximum Gasteiger partial charge on any atom is 0.258 e. The Morgan fingerprint density at radius 1 is 1.05 bits per heavy atom. The molecule has 0 saturated heterocycles. The number of aliphatic hydroxyl groups is 1. The number of aromatic nitrogens is 1. The van der Waals surface area contributed by atoms with E-state index in [1.165, 1.54) is 21.7 Å². The molecule has 0 aliphatic heterocycles. The third-order valence-electron chi connectivity index (χ3n) is 6.84. The fourth-order valence-electron chi connectivity index (χ4n) is 4.81. The molecule has 4 aromatic rings. The summed E-state index contributed by atoms with van der Waals surface area (Å²) in [6, 6.07) is 19.1. The van der Waals surface area contributed by atoms with Crippen molar-refractivity contribution >= 4 is 42.6 Å². The van der Waals surface area contributed by atoms with Crippen LogP contribution in [0, 0.1) is 19.8 Å². The maximum atomic E-state index is 13.8. The fourth-order valence-corrected chi connectivity index (χ4v) is 7.31. The van der Waals surface area contributed by atoms with E-state index in [1.54, 1.807) is 12.1 Å². The molecule has 224 valence electrons. The van der Waals surface area contributed by atoms with Gasteiger partial charge in [-0.3, -0.25) is 4.79 Å². The first-order chi connectivity index (χ1) is 19.9. The highest BCUT2D eigenvalue weighted by Gasteiger charge is 2.31. The summed E-state index contributed by atoms with van der Waals surface area (Å²) in [6.45, 7) is 7.38. The van der Waals surface area contributed by atoms with Gasteiger partial charge in [-0.25, -0.2) is 13.4 Å². The maximum absolute atomic E-state index is 13.8. The number of rotatable bonds is 13. The molecule has 0 fully saturated rings. The first kappa shape index (κ1) is 31.4. The summed E-state index contributed by atoms with van der Waals surface area (Å²) in [6.07, 6.45) is -0.899. The van der Waals surface area contributed by atoms with Crippen molar-refractivity contribution in [3.63, 3.8) is 0 Å². The number of benzene rings is 3. The van der Waals surface area contributed by atoms with E-state index in [2.05, 4.69) is 10.3 Å². The number of sulfonamides is 1. The number of thiazole rings is 1. The zero-order valence-electron chi connectivity index (χ0n) is 24.3. The van der Waals surface area contributed by atoms with Gasteiger partial charge in [0.15, 0.2) is 11.7 Å². The second-order valence-corrected chi connectivity index (χ2v) is 13.8. The van der Waals surface area contributed by atoms with E-state index >= 15 is 0 Å². The van der Waals surface area contributed by atoms with Gasteiger partial charge in [-0.2, -0.15) is 4.31 Å². The Bertz CT molecular complexity index is 1600. The van der Waals surface area contributed by atoms with Crippen molar-refractivity contribution < 1.29 is 23.1 Å². The summed E-state index contributed by atoms with van der Waals surface area (Å²) < 4.78 is 35.5. The fraction of sp³-hybridized carbons (Fsp3) is 0.355. The van der Waals surface area contributed by atoms with Crippen LogP contribution in [0.3, 0.4) is 0 Å². The molecule has 9 nitrogen and oxygen atoms in total. The number of nitrogens with one attached hydrogen (secondary N) is 1. The minimum atomic E-state index is -3.99. The van der Waals surface area contributed by atoms with Crippen LogP contribution in [-0.2, 0) is 21.2 Å². The van der Waals surface area contributed by atoms with Crippen LogP contribution in [0.2, 0.25) is 0 Å². The Labute approximate surface area is 251 Å². The summed E-state index contributed by atoms with van der Waals surface area (Å²) in [5, 5.41) is 14.7. The van der Waals surface area contributed by atoms with E-state index in [0.717, 1.165) is 16.7 Å². The van der Waals surface area contributed by atoms with Gasteiger partial charge in [-0.1, -0.05) is 73.7 Å². The number of hydrogen-bond donors (Lipinski definition) is 3. The Hall–Kier alpha value is -3.51. The van der Waals surface area contributed by atoms with Crippen LogP contribution in [0.1, 0.15) is 30.5 Å². The lowest BCUT2D eigenvalue weighted by Gasteiger charge is -2.30. The highest BCUT2D eigenvalue weighted by molar-refractivity contribution is 7.89. The quantitative estimate of drug-likeness (QED) is 0.205. The van der Waals surface area contributed by atoms with Gasteiger partial charge in [0.1, 0.15) is 5.75 Å². The number of ether oxygens (including phenoxy) is 1. The van der Waals surface area contributed by atoms with E-state index in [9.17, 15) is 18.3 Å². The number of para-hydroxylation sites is 1. The first-order valence-electron chi connectivity index (χ1n) is 13.8. The average Bonchev–Trinajstić information content (AvgIpc) is 3.31. The van der Waals surface area contributed by atoms with Crippen LogP contribution in [0.4, 0.5) is 5.13 Å². The molecule has 0 saturated carbocycles. The molecule has 11 heteroatoms. The molecule has 3 aromatic carbocycles. The van der Waals surface area contributed by atoms with E-state index < -0.39 is 28.1 Å². The van der Waals surface area contributed by atoms with Gasteiger partial charge in [0, 0.05) is 13.1 Å². The Morgan fingerprint density at radius 3 is 2.40 bits per heavy atom.